The molecule has 0 bridgehead atoms. The number of hydrogen-bond donors (Lipinski definition) is 1. The Kier molecular flexibility index (Phi) is 3.91. The van der Waals surface area contributed by atoms with Crippen molar-refractivity contribution in [2.75, 3.05) is 10.6 Å². The van der Waals surface area contributed by atoms with Gasteiger partial charge in [-0.05, 0) is 23.1 Å². The standard InChI is InChI=1S/C12H16BrNO/c1-9(15)14-11-6-4-5-10(7-11)12(2,3)8-13/h4-7H,8H2,1-3H3,(H,14,15). The molecule has 0 aliphatic carbocycles. The Balaban J connectivity index is 2.97. The fourth-order valence-electron chi connectivity index (χ4n) is 1.30. The first-order chi connectivity index (χ1) is 6.95. The summed E-state index contributed by atoms with van der Waals surface area (Å²) in [7, 11) is 0. The largest absolute Gasteiger partial charge is 0.326 e. The van der Waals surface area contributed by atoms with Crippen LogP contribution in [0.4, 0.5) is 5.69 Å². The highest BCUT2D eigenvalue weighted by Crippen LogP contribution is 2.27. The zero-order valence-electron chi connectivity index (χ0n) is 9.30. The highest BCUT2D eigenvalue weighted by Gasteiger charge is 2.18. The zero-order valence-corrected chi connectivity index (χ0v) is 10.9. The van der Waals surface area contributed by atoms with Crippen molar-refractivity contribution in [2.24, 2.45) is 0 Å². The van der Waals surface area contributed by atoms with Gasteiger partial charge >= 0.3 is 0 Å². The predicted molar refractivity (Wildman–Crippen MR) is 67.6 cm³/mol. The summed E-state index contributed by atoms with van der Waals surface area (Å²) in [5.41, 5.74) is 2.15. The van der Waals surface area contributed by atoms with E-state index in [0.717, 1.165) is 11.0 Å². The van der Waals surface area contributed by atoms with Crippen molar-refractivity contribution in [3.05, 3.63) is 29.8 Å². The van der Waals surface area contributed by atoms with Gasteiger partial charge in [-0.3, -0.25) is 4.79 Å². The summed E-state index contributed by atoms with van der Waals surface area (Å²) in [5, 5.41) is 3.68. The van der Waals surface area contributed by atoms with Gasteiger partial charge in [0.1, 0.15) is 0 Å². The van der Waals surface area contributed by atoms with Crippen molar-refractivity contribution >= 4 is 27.5 Å². The molecule has 0 atom stereocenters. The van der Waals surface area contributed by atoms with Crippen LogP contribution in [-0.4, -0.2) is 11.2 Å². The van der Waals surface area contributed by atoms with E-state index in [2.05, 4.69) is 41.2 Å². The van der Waals surface area contributed by atoms with E-state index >= 15 is 0 Å². The molecule has 0 aromatic heterocycles. The first-order valence-corrected chi connectivity index (χ1v) is 6.02. The lowest BCUT2D eigenvalue weighted by Gasteiger charge is -2.22. The number of nitrogens with one attached hydrogen (secondary N) is 1. The fourth-order valence-corrected chi connectivity index (χ4v) is 1.62. The second-order valence-electron chi connectivity index (χ2n) is 4.28. The van der Waals surface area contributed by atoms with Crippen LogP contribution < -0.4 is 5.32 Å². The molecule has 3 heteroatoms. The number of amides is 1. The van der Waals surface area contributed by atoms with Crippen LogP contribution in [0.15, 0.2) is 24.3 Å². The van der Waals surface area contributed by atoms with Crippen molar-refractivity contribution in [1.82, 2.24) is 0 Å². The van der Waals surface area contributed by atoms with Gasteiger partial charge in [-0.25, -0.2) is 0 Å². The van der Waals surface area contributed by atoms with Crippen LogP contribution in [-0.2, 0) is 10.2 Å². The Hall–Kier alpha value is -0.830. The van der Waals surface area contributed by atoms with Crippen LogP contribution >= 0.6 is 15.9 Å². The quantitative estimate of drug-likeness (QED) is 0.839. The van der Waals surface area contributed by atoms with E-state index < -0.39 is 0 Å². The molecular formula is C12H16BrNO. The SMILES string of the molecule is CC(=O)Nc1cccc(C(C)(C)CBr)c1. The summed E-state index contributed by atoms with van der Waals surface area (Å²) < 4.78 is 0. The Labute approximate surface area is 99.2 Å². The number of carbonyl (C=O) groups excluding carboxylic acids is 1. The molecule has 2 nitrogen and oxygen atoms in total. The summed E-state index contributed by atoms with van der Waals surface area (Å²) in [6.45, 7) is 5.84. The number of anilines is 1. The lowest BCUT2D eigenvalue weighted by atomic mass is 9.87. The van der Waals surface area contributed by atoms with Gasteiger partial charge in [0.05, 0.1) is 0 Å². The van der Waals surface area contributed by atoms with Crippen LogP contribution in [0, 0.1) is 0 Å². The highest BCUT2D eigenvalue weighted by atomic mass is 79.9. The molecular weight excluding hydrogens is 254 g/mol. The minimum absolute atomic E-state index is 0.0381. The highest BCUT2D eigenvalue weighted by molar-refractivity contribution is 9.09. The maximum Gasteiger partial charge on any atom is 0.221 e. The average Bonchev–Trinajstić information content (AvgIpc) is 2.17. The molecule has 1 aromatic carbocycles. The van der Waals surface area contributed by atoms with Gasteiger partial charge < -0.3 is 5.32 Å². The molecule has 0 saturated carbocycles. The lowest BCUT2D eigenvalue weighted by molar-refractivity contribution is -0.114. The van der Waals surface area contributed by atoms with Gasteiger partial charge in [-0.15, -0.1) is 0 Å². The monoisotopic (exact) mass is 269 g/mol. The minimum Gasteiger partial charge on any atom is -0.326 e. The van der Waals surface area contributed by atoms with Crippen LogP contribution in [0.1, 0.15) is 26.3 Å². The molecule has 0 radical (unpaired) electrons. The topological polar surface area (TPSA) is 29.1 Å². The van der Waals surface area contributed by atoms with Gasteiger partial charge in [-0.1, -0.05) is 41.9 Å². The van der Waals surface area contributed by atoms with Gasteiger partial charge in [-0.2, -0.15) is 0 Å². The van der Waals surface area contributed by atoms with E-state index in [-0.39, 0.29) is 11.3 Å². The van der Waals surface area contributed by atoms with E-state index in [0.29, 0.717) is 0 Å². The van der Waals surface area contributed by atoms with Gasteiger partial charge in [0.15, 0.2) is 0 Å². The summed E-state index contributed by atoms with van der Waals surface area (Å²) in [6.07, 6.45) is 0. The second-order valence-corrected chi connectivity index (χ2v) is 4.84. The summed E-state index contributed by atoms with van der Waals surface area (Å²) in [4.78, 5) is 10.9. The summed E-state index contributed by atoms with van der Waals surface area (Å²) in [6, 6.07) is 7.95. The van der Waals surface area contributed by atoms with Gasteiger partial charge in [0, 0.05) is 17.9 Å². The number of rotatable bonds is 3. The first kappa shape index (κ1) is 12.2. The van der Waals surface area contributed by atoms with E-state index in [9.17, 15) is 4.79 Å². The van der Waals surface area contributed by atoms with Crippen molar-refractivity contribution in [3.63, 3.8) is 0 Å². The van der Waals surface area contributed by atoms with Crippen molar-refractivity contribution in [3.8, 4) is 0 Å². The Bertz CT molecular complexity index is 360. The molecule has 15 heavy (non-hydrogen) atoms. The minimum atomic E-state index is -0.0381. The second kappa shape index (κ2) is 4.79. The molecule has 82 valence electrons. The lowest BCUT2D eigenvalue weighted by Crippen LogP contribution is -2.19. The third-order valence-corrected chi connectivity index (χ3v) is 3.70. The smallest absolute Gasteiger partial charge is 0.221 e. The summed E-state index contributed by atoms with van der Waals surface area (Å²) >= 11 is 3.50. The molecule has 0 aliphatic heterocycles. The van der Waals surface area contributed by atoms with E-state index in [1.165, 1.54) is 12.5 Å². The third-order valence-electron chi connectivity index (χ3n) is 2.30. The molecule has 0 heterocycles. The van der Waals surface area contributed by atoms with Crippen LogP contribution in [0.2, 0.25) is 0 Å². The molecule has 0 unspecified atom stereocenters. The number of hydrogen-bond acceptors (Lipinski definition) is 1. The van der Waals surface area contributed by atoms with E-state index in [4.69, 9.17) is 0 Å². The van der Waals surface area contributed by atoms with Crippen LogP contribution in [0.5, 0.6) is 0 Å². The molecule has 1 aromatic rings. The number of alkyl halides is 1. The van der Waals surface area contributed by atoms with Crippen LogP contribution in [0.3, 0.4) is 0 Å². The molecule has 0 saturated heterocycles. The summed E-state index contributed by atoms with van der Waals surface area (Å²) in [5.74, 6) is -0.0381. The Morgan fingerprint density at radius 1 is 1.47 bits per heavy atom. The normalized spacial score (nSPS) is 11.2. The molecule has 1 rings (SSSR count). The Morgan fingerprint density at radius 3 is 2.67 bits per heavy atom. The molecule has 1 N–H and O–H groups in total. The number of benzene rings is 1. The van der Waals surface area contributed by atoms with Crippen LogP contribution in [0.25, 0.3) is 0 Å². The van der Waals surface area contributed by atoms with Crippen molar-refractivity contribution in [2.45, 2.75) is 26.2 Å². The average molecular weight is 270 g/mol. The number of carbonyl (C=O) groups is 1. The Morgan fingerprint density at radius 2 is 2.13 bits per heavy atom. The molecule has 1 amide bonds. The third kappa shape index (κ3) is 3.34. The number of halogens is 1. The van der Waals surface area contributed by atoms with Gasteiger partial charge in [0.2, 0.25) is 5.91 Å². The molecule has 0 fully saturated rings. The maximum absolute atomic E-state index is 10.9. The fraction of sp³-hybridized carbons (Fsp3) is 0.417. The van der Waals surface area contributed by atoms with Gasteiger partial charge in [0.25, 0.3) is 0 Å². The van der Waals surface area contributed by atoms with Crippen molar-refractivity contribution in [1.29, 1.82) is 0 Å². The van der Waals surface area contributed by atoms with E-state index in [1.807, 2.05) is 18.2 Å². The van der Waals surface area contributed by atoms with E-state index in [1.54, 1.807) is 0 Å². The predicted octanol–water partition coefficient (Wildman–Crippen LogP) is 3.32. The molecule has 0 aliphatic rings. The van der Waals surface area contributed by atoms with Crippen molar-refractivity contribution < 1.29 is 4.79 Å². The molecule has 0 spiro atoms. The maximum atomic E-state index is 10.9. The zero-order chi connectivity index (χ0) is 11.5. The first-order valence-electron chi connectivity index (χ1n) is 4.90.